The largest absolute Gasteiger partial charge is 0.497 e. The molecule has 0 saturated heterocycles. The van der Waals surface area contributed by atoms with Gasteiger partial charge in [-0.15, -0.1) is 0 Å². The van der Waals surface area contributed by atoms with Crippen LogP contribution in [0.2, 0.25) is 0 Å². The molecule has 1 N–H and O–H groups in total. The minimum absolute atomic E-state index is 0.0278. The summed E-state index contributed by atoms with van der Waals surface area (Å²) < 4.78 is 10.9. The summed E-state index contributed by atoms with van der Waals surface area (Å²) in [5.41, 5.74) is 2.15. The van der Waals surface area contributed by atoms with Crippen LogP contribution in [0.1, 0.15) is 39.2 Å². The Labute approximate surface area is 150 Å². The van der Waals surface area contributed by atoms with E-state index in [4.69, 9.17) is 9.47 Å². The molecule has 0 atom stereocenters. The topological polar surface area (TPSA) is 47.6 Å². The average molecular weight is 341 g/mol. The molecule has 0 spiro atoms. The molecule has 0 radical (unpaired) electrons. The highest BCUT2D eigenvalue weighted by atomic mass is 16.5. The van der Waals surface area contributed by atoms with Crippen LogP contribution in [0.3, 0.4) is 0 Å². The Morgan fingerprint density at radius 3 is 2.40 bits per heavy atom. The Hall–Kier alpha value is -2.49. The van der Waals surface area contributed by atoms with Crippen molar-refractivity contribution in [2.24, 2.45) is 0 Å². The van der Waals surface area contributed by atoms with Crippen molar-refractivity contribution in [3.05, 3.63) is 54.1 Å². The van der Waals surface area contributed by atoms with E-state index in [9.17, 15) is 4.79 Å². The van der Waals surface area contributed by atoms with Crippen molar-refractivity contribution in [3.63, 3.8) is 0 Å². The van der Waals surface area contributed by atoms with E-state index < -0.39 is 0 Å². The molecule has 0 unspecified atom stereocenters. The maximum atomic E-state index is 12.0. The molecular weight excluding hydrogens is 314 g/mol. The second kappa shape index (κ2) is 8.56. The zero-order chi connectivity index (χ0) is 18.3. The summed E-state index contributed by atoms with van der Waals surface area (Å²) >= 11 is 0. The van der Waals surface area contributed by atoms with Gasteiger partial charge in [-0.25, -0.2) is 0 Å². The maximum absolute atomic E-state index is 12.0. The van der Waals surface area contributed by atoms with Crippen molar-refractivity contribution in [3.8, 4) is 11.5 Å². The standard InChI is InChI=1S/C21H27NO3/c1-21(2,3)16-10-12-18(13-11-16)25-14-6-9-20(23)22-17-7-5-8-19(15-17)24-4/h5,7-8,10-13,15H,6,9,14H2,1-4H3,(H,22,23). The number of nitrogens with one attached hydrogen (secondary N) is 1. The van der Waals surface area contributed by atoms with Crippen molar-refractivity contribution in [2.45, 2.75) is 39.0 Å². The van der Waals surface area contributed by atoms with E-state index >= 15 is 0 Å². The van der Waals surface area contributed by atoms with Gasteiger partial charge in [0.2, 0.25) is 5.91 Å². The number of hydrogen-bond acceptors (Lipinski definition) is 3. The molecule has 2 aromatic rings. The highest BCUT2D eigenvalue weighted by Gasteiger charge is 2.13. The molecule has 0 heterocycles. The number of carbonyl (C=O) groups is 1. The molecule has 134 valence electrons. The summed E-state index contributed by atoms with van der Waals surface area (Å²) in [7, 11) is 1.60. The Balaban J connectivity index is 1.72. The summed E-state index contributed by atoms with van der Waals surface area (Å²) in [4.78, 5) is 12.0. The summed E-state index contributed by atoms with van der Waals surface area (Å²) in [6.45, 7) is 7.07. The van der Waals surface area contributed by atoms with E-state index in [2.05, 4.69) is 38.2 Å². The molecule has 2 rings (SSSR count). The number of amides is 1. The number of ether oxygens (including phenoxy) is 2. The average Bonchev–Trinajstić information content (AvgIpc) is 2.58. The van der Waals surface area contributed by atoms with Crippen molar-refractivity contribution in [1.29, 1.82) is 0 Å². The summed E-state index contributed by atoms with van der Waals surface area (Å²) in [5.74, 6) is 1.53. The van der Waals surface area contributed by atoms with Gasteiger partial charge in [0, 0.05) is 18.2 Å². The van der Waals surface area contributed by atoms with Crippen molar-refractivity contribution in [2.75, 3.05) is 19.0 Å². The molecule has 0 fully saturated rings. The van der Waals surface area contributed by atoms with Crippen LogP contribution in [-0.4, -0.2) is 19.6 Å². The SMILES string of the molecule is COc1cccc(NC(=O)CCCOc2ccc(C(C)(C)C)cc2)c1. The lowest BCUT2D eigenvalue weighted by atomic mass is 9.87. The number of anilines is 1. The van der Waals surface area contributed by atoms with E-state index in [1.807, 2.05) is 30.3 Å². The Kier molecular flexibility index (Phi) is 6.45. The lowest BCUT2D eigenvalue weighted by Gasteiger charge is -2.19. The fraction of sp³-hybridized carbons (Fsp3) is 0.381. The number of methoxy groups -OCH3 is 1. The molecule has 4 heteroatoms. The van der Waals surface area contributed by atoms with Crippen LogP contribution >= 0.6 is 0 Å². The van der Waals surface area contributed by atoms with E-state index in [0.29, 0.717) is 19.4 Å². The fourth-order valence-electron chi connectivity index (χ4n) is 2.40. The highest BCUT2D eigenvalue weighted by molar-refractivity contribution is 5.90. The van der Waals surface area contributed by atoms with Gasteiger partial charge in [-0.2, -0.15) is 0 Å². The van der Waals surface area contributed by atoms with E-state index in [1.165, 1.54) is 5.56 Å². The summed E-state index contributed by atoms with van der Waals surface area (Å²) in [6, 6.07) is 15.5. The molecule has 0 bridgehead atoms. The minimum atomic E-state index is -0.0278. The predicted octanol–water partition coefficient (Wildman–Crippen LogP) is 4.79. The van der Waals surface area contributed by atoms with Gasteiger partial charge in [-0.3, -0.25) is 4.79 Å². The van der Waals surface area contributed by atoms with Crippen molar-refractivity contribution >= 4 is 11.6 Å². The van der Waals surface area contributed by atoms with E-state index in [0.717, 1.165) is 17.2 Å². The molecule has 25 heavy (non-hydrogen) atoms. The second-order valence-electron chi connectivity index (χ2n) is 7.01. The zero-order valence-electron chi connectivity index (χ0n) is 15.5. The Morgan fingerprint density at radius 2 is 1.76 bits per heavy atom. The van der Waals surface area contributed by atoms with Gasteiger partial charge in [0.15, 0.2) is 0 Å². The van der Waals surface area contributed by atoms with Gasteiger partial charge in [0.05, 0.1) is 13.7 Å². The summed E-state index contributed by atoms with van der Waals surface area (Å²) in [5, 5.41) is 2.86. The highest BCUT2D eigenvalue weighted by Crippen LogP contribution is 2.24. The molecule has 0 aliphatic rings. The first-order chi connectivity index (χ1) is 11.9. The zero-order valence-corrected chi connectivity index (χ0v) is 15.5. The fourth-order valence-corrected chi connectivity index (χ4v) is 2.40. The summed E-state index contributed by atoms with van der Waals surface area (Å²) in [6.07, 6.45) is 1.08. The third-order valence-electron chi connectivity index (χ3n) is 3.89. The molecule has 0 saturated carbocycles. The monoisotopic (exact) mass is 341 g/mol. The molecular formula is C21H27NO3. The normalized spacial score (nSPS) is 11.0. The molecule has 0 aliphatic carbocycles. The van der Waals surface area contributed by atoms with Crippen LogP contribution in [0.25, 0.3) is 0 Å². The number of benzene rings is 2. The molecule has 1 amide bonds. The quantitative estimate of drug-likeness (QED) is 0.737. The number of carbonyl (C=O) groups excluding carboxylic acids is 1. The molecule has 0 aliphatic heterocycles. The van der Waals surface area contributed by atoms with Crippen molar-refractivity contribution < 1.29 is 14.3 Å². The number of hydrogen-bond donors (Lipinski definition) is 1. The molecule has 4 nitrogen and oxygen atoms in total. The molecule has 0 aromatic heterocycles. The minimum Gasteiger partial charge on any atom is -0.497 e. The van der Waals surface area contributed by atoms with Gasteiger partial charge in [0.1, 0.15) is 11.5 Å². The Bertz CT molecular complexity index is 687. The lowest BCUT2D eigenvalue weighted by Crippen LogP contribution is -2.13. The van der Waals surface area contributed by atoms with Crippen LogP contribution in [0, 0.1) is 0 Å². The lowest BCUT2D eigenvalue weighted by molar-refractivity contribution is -0.116. The van der Waals surface area contributed by atoms with Crippen LogP contribution in [0.4, 0.5) is 5.69 Å². The van der Waals surface area contributed by atoms with Crippen LogP contribution in [-0.2, 0) is 10.2 Å². The van der Waals surface area contributed by atoms with E-state index in [-0.39, 0.29) is 11.3 Å². The van der Waals surface area contributed by atoms with Gasteiger partial charge in [0.25, 0.3) is 0 Å². The van der Waals surface area contributed by atoms with Gasteiger partial charge >= 0.3 is 0 Å². The van der Waals surface area contributed by atoms with Gasteiger partial charge in [-0.05, 0) is 41.7 Å². The van der Waals surface area contributed by atoms with Gasteiger partial charge < -0.3 is 14.8 Å². The first-order valence-corrected chi connectivity index (χ1v) is 8.56. The molecule has 2 aromatic carbocycles. The van der Waals surface area contributed by atoms with Crippen LogP contribution in [0.15, 0.2) is 48.5 Å². The van der Waals surface area contributed by atoms with Gasteiger partial charge in [-0.1, -0.05) is 39.0 Å². The van der Waals surface area contributed by atoms with Crippen molar-refractivity contribution in [1.82, 2.24) is 0 Å². The Morgan fingerprint density at radius 1 is 1.04 bits per heavy atom. The maximum Gasteiger partial charge on any atom is 0.224 e. The third kappa shape index (κ3) is 6.14. The first kappa shape index (κ1) is 18.8. The van der Waals surface area contributed by atoms with Crippen LogP contribution < -0.4 is 14.8 Å². The second-order valence-corrected chi connectivity index (χ2v) is 7.01. The smallest absolute Gasteiger partial charge is 0.224 e. The van der Waals surface area contributed by atoms with E-state index in [1.54, 1.807) is 13.2 Å². The predicted molar refractivity (Wildman–Crippen MR) is 101 cm³/mol. The van der Waals surface area contributed by atoms with Crippen LogP contribution in [0.5, 0.6) is 11.5 Å². The number of rotatable bonds is 7. The first-order valence-electron chi connectivity index (χ1n) is 8.56. The third-order valence-corrected chi connectivity index (χ3v) is 3.89.